The molecule has 0 amide bonds. The number of carbonyl (C=O) groups is 2. The van der Waals surface area contributed by atoms with E-state index in [0.29, 0.717) is 39.0 Å². The second kappa shape index (κ2) is 14.3. The first-order chi connectivity index (χ1) is 19.7. The first-order valence-corrected chi connectivity index (χ1v) is 16.6. The van der Waals surface area contributed by atoms with Gasteiger partial charge < -0.3 is 19.5 Å². The first kappa shape index (κ1) is 31.0. The molecule has 1 N–H and O–H groups in total. The number of sulfonamides is 1. The molecule has 1 saturated heterocycles. The van der Waals surface area contributed by atoms with Crippen LogP contribution in [0.5, 0.6) is 5.75 Å². The lowest BCUT2D eigenvalue weighted by Gasteiger charge is -2.35. The van der Waals surface area contributed by atoms with Crippen LogP contribution < -0.4 is 14.4 Å². The fraction of sp³-hybridized carbons (Fsp3) is 0.379. The molecule has 12 heteroatoms. The number of benzene rings is 2. The van der Waals surface area contributed by atoms with Gasteiger partial charge in [0.2, 0.25) is 10.0 Å². The number of thiophene rings is 1. The summed E-state index contributed by atoms with van der Waals surface area (Å²) < 4.78 is 45.7. The third kappa shape index (κ3) is 7.68. The van der Waals surface area contributed by atoms with Gasteiger partial charge >= 0.3 is 11.9 Å². The van der Waals surface area contributed by atoms with Crippen LogP contribution in [0.15, 0.2) is 59.1 Å². The minimum absolute atomic E-state index is 0.121. The minimum atomic E-state index is -3.74. The zero-order chi connectivity index (χ0) is 29.4. The fourth-order valence-corrected chi connectivity index (χ4v) is 8.45. The molecule has 2 heterocycles. The third-order valence-corrected chi connectivity index (χ3v) is 10.4. The largest absolute Gasteiger partial charge is 0.479 e. The Hall–Kier alpha value is -2.93. The van der Waals surface area contributed by atoms with Gasteiger partial charge in [0.15, 0.2) is 17.2 Å². The fourth-order valence-electron chi connectivity index (χ4n) is 4.65. The van der Waals surface area contributed by atoms with Crippen LogP contribution in [-0.4, -0.2) is 59.3 Å². The molecular weight excluding hydrogens is 632 g/mol. The average Bonchev–Trinajstić information content (AvgIpc) is 3.29. The van der Waals surface area contributed by atoms with Crippen LogP contribution >= 0.6 is 27.3 Å². The number of rotatable bonds is 12. The number of carbonyl (C=O) groups excluding carboxylic acids is 2. The van der Waals surface area contributed by atoms with Gasteiger partial charge in [-0.2, -0.15) is 0 Å². The molecule has 220 valence electrons. The molecule has 0 bridgehead atoms. The van der Waals surface area contributed by atoms with Crippen molar-refractivity contribution in [1.29, 1.82) is 0 Å². The SMILES string of the molecule is CCOC(=O)COc1c(C(=O)OCC)sc(-c2cccc(N(C3CCNCC3)S(=O)(=O)Cc3ccccc3)c2)c1Br. The Morgan fingerprint density at radius 2 is 1.73 bits per heavy atom. The standard InChI is InChI=1S/C29H33BrN2O7S2/c1-3-37-24(33)18-39-26-25(30)27(40-28(26)29(34)38-4-2)21-11-8-12-23(17-21)32(22-13-15-31-16-14-22)41(35,36)19-20-9-6-5-7-10-20/h5-12,17,22,31H,3-4,13-16,18-19H2,1-2H3. The predicted molar refractivity (Wildman–Crippen MR) is 163 cm³/mol. The lowest BCUT2D eigenvalue weighted by atomic mass is 10.1. The van der Waals surface area contributed by atoms with E-state index >= 15 is 0 Å². The third-order valence-electron chi connectivity index (χ3n) is 6.40. The maximum atomic E-state index is 13.9. The van der Waals surface area contributed by atoms with Crippen LogP contribution in [-0.2, 0) is 30.0 Å². The quantitative estimate of drug-likeness (QED) is 0.257. The zero-order valence-corrected chi connectivity index (χ0v) is 26.1. The van der Waals surface area contributed by atoms with Crippen molar-refractivity contribution in [2.45, 2.75) is 38.5 Å². The van der Waals surface area contributed by atoms with E-state index < -0.39 is 22.0 Å². The summed E-state index contributed by atoms with van der Waals surface area (Å²) in [7, 11) is -3.74. The highest BCUT2D eigenvalue weighted by molar-refractivity contribution is 9.10. The molecule has 1 aromatic heterocycles. The van der Waals surface area contributed by atoms with Crippen molar-refractivity contribution in [3.63, 3.8) is 0 Å². The number of anilines is 1. The predicted octanol–water partition coefficient (Wildman–Crippen LogP) is 5.38. The summed E-state index contributed by atoms with van der Waals surface area (Å²) in [5, 5.41) is 3.31. The van der Waals surface area contributed by atoms with Gasteiger partial charge in [0, 0.05) is 6.04 Å². The van der Waals surface area contributed by atoms with E-state index in [-0.39, 0.29) is 42.2 Å². The average molecular weight is 666 g/mol. The normalized spacial score (nSPS) is 13.9. The molecule has 1 aliphatic heterocycles. The molecule has 0 spiro atoms. The number of nitrogens with zero attached hydrogens (tertiary/aromatic N) is 1. The number of esters is 2. The Morgan fingerprint density at radius 3 is 2.41 bits per heavy atom. The number of piperidine rings is 1. The Labute approximate surface area is 253 Å². The van der Waals surface area contributed by atoms with Crippen molar-refractivity contribution in [2.75, 3.05) is 37.2 Å². The van der Waals surface area contributed by atoms with Gasteiger partial charge in [-0.25, -0.2) is 18.0 Å². The number of halogens is 1. The van der Waals surface area contributed by atoms with Crippen molar-refractivity contribution in [1.82, 2.24) is 5.32 Å². The Balaban J connectivity index is 1.74. The van der Waals surface area contributed by atoms with E-state index in [2.05, 4.69) is 21.2 Å². The van der Waals surface area contributed by atoms with Gasteiger partial charge in [0.1, 0.15) is 0 Å². The molecular formula is C29H33BrN2O7S2. The molecule has 0 saturated carbocycles. The lowest BCUT2D eigenvalue weighted by Crippen LogP contribution is -2.46. The van der Waals surface area contributed by atoms with E-state index in [4.69, 9.17) is 14.2 Å². The van der Waals surface area contributed by atoms with Crippen LogP contribution in [0.25, 0.3) is 10.4 Å². The van der Waals surface area contributed by atoms with Gasteiger partial charge in [0.05, 0.1) is 34.0 Å². The summed E-state index contributed by atoms with van der Waals surface area (Å²) >= 11 is 4.70. The van der Waals surface area contributed by atoms with Crippen LogP contribution in [0.1, 0.15) is 41.9 Å². The van der Waals surface area contributed by atoms with E-state index in [9.17, 15) is 18.0 Å². The zero-order valence-electron chi connectivity index (χ0n) is 22.9. The van der Waals surface area contributed by atoms with Gasteiger partial charge in [-0.3, -0.25) is 4.31 Å². The van der Waals surface area contributed by atoms with Gasteiger partial charge in [-0.1, -0.05) is 42.5 Å². The summed E-state index contributed by atoms with van der Waals surface area (Å²) in [6.07, 6.45) is 1.36. The molecule has 1 aliphatic rings. The summed E-state index contributed by atoms with van der Waals surface area (Å²) in [5.41, 5.74) is 1.94. The van der Waals surface area contributed by atoms with Crippen molar-refractivity contribution in [2.24, 2.45) is 0 Å². The van der Waals surface area contributed by atoms with E-state index in [1.54, 1.807) is 30.3 Å². The monoisotopic (exact) mass is 664 g/mol. The molecule has 9 nitrogen and oxygen atoms in total. The van der Waals surface area contributed by atoms with Crippen LogP contribution in [0.4, 0.5) is 5.69 Å². The minimum Gasteiger partial charge on any atom is -0.479 e. The molecule has 0 atom stereocenters. The lowest BCUT2D eigenvalue weighted by molar-refractivity contribution is -0.145. The number of nitrogens with one attached hydrogen (secondary N) is 1. The smallest absolute Gasteiger partial charge is 0.352 e. The number of ether oxygens (including phenoxy) is 3. The number of hydrogen-bond acceptors (Lipinski definition) is 9. The maximum absolute atomic E-state index is 13.9. The second-order valence-corrected chi connectivity index (χ2v) is 12.9. The van der Waals surface area contributed by atoms with Crippen molar-refractivity contribution in [3.05, 3.63) is 69.5 Å². The molecule has 3 aromatic rings. The molecule has 0 aliphatic carbocycles. The van der Waals surface area contributed by atoms with E-state index in [0.717, 1.165) is 24.4 Å². The molecule has 0 radical (unpaired) electrons. The highest BCUT2D eigenvalue weighted by Gasteiger charge is 2.32. The second-order valence-electron chi connectivity index (χ2n) is 9.29. The summed E-state index contributed by atoms with van der Waals surface area (Å²) in [4.78, 5) is 25.6. The molecule has 0 unspecified atom stereocenters. The Morgan fingerprint density at radius 1 is 1.02 bits per heavy atom. The molecule has 2 aromatic carbocycles. The number of hydrogen-bond donors (Lipinski definition) is 1. The van der Waals surface area contributed by atoms with Crippen molar-refractivity contribution >= 4 is 54.9 Å². The van der Waals surface area contributed by atoms with Crippen molar-refractivity contribution < 1.29 is 32.2 Å². The maximum Gasteiger partial charge on any atom is 0.352 e. The highest BCUT2D eigenvalue weighted by atomic mass is 79.9. The summed E-state index contributed by atoms with van der Waals surface area (Å²) in [6.45, 7) is 4.84. The summed E-state index contributed by atoms with van der Waals surface area (Å²) in [6, 6.07) is 16.2. The van der Waals surface area contributed by atoms with E-state index in [1.165, 1.54) is 0 Å². The van der Waals surface area contributed by atoms with Crippen LogP contribution in [0.3, 0.4) is 0 Å². The van der Waals surface area contributed by atoms with Gasteiger partial charge in [-0.05, 0) is 79.0 Å². The van der Waals surface area contributed by atoms with Crippen molar-refractivity contribution in [3.8, 4) is 16.2 Å². The molecule has 1 fully saturated rings. The van der Waals surface area contributed by atoms with E-state index in [1.807, 2.05) is 42.5 Å². The Bertz CT molecular complexity index is 1460. The van der Waals surface area contributed by atoms with Crippen LogP contribution in [0, 0.1) is 0 Å². The summed E-state index contributed by atoms with van der Waals surface area (Å²) in [5.74, 6) is -1.09. The topological polar surface area (TPSA) is 111 Å². The highest BCUT2D eigenvalue weighted by Crippen LogP contribution is 2.47. The Kier molecular flexibility index (Phi) is 10.8. The van der Waals surface area contributed by atoms with Crippen LogP contribution in [0.2, 0.25) is 0 Å². The molecule has 4 rings (SSSR count). The van der Waals surface area contributed by atoms with Gasteiger partial charge in [-0.15, -0.1) is 11.3 Å². The van der Waals surface area contributed by atoms with Gasteiger partial charge in [0.25, 0.3) is 0 Å². The molecule has 41 heavy (non-hydrogen) atoms. The first-order valence-electron chi connectivity index (χ1n) is 13.4.